The SMILES string of the molecule is COc1cccc(N)c1C1(O)CCCCC1. The molecule has 0 unspecified atom stereocenters. The van der Waals surface area contributed by atoms with Gasteiger partial charge in [0.25, 0.3) is 0 Å². The zero-order chi connectivity index (χ0) is 11.6. The summed E-state index contributed by atoms with van der Waals surface area (Å²) >= 11 is 0. The average Bonchev–Trinajstić information content (AvgIpc) is 2.29. The van der Waals surface area contributed by atoms with Gasteiger partial charge in [0.15, 0.2) is 0 Å². The first kappa shape index (κ1) is 11.3. The lowest BCUT2D eigenvalue weighted by Gasteiger charge is -2.34. The summed E-state index contributed by atoms with van der Waals surface area (Å²) < 4.78 is 5.30. The van der Waals surface area contributed by atoms with Crippen molar-refractivity contribution in [1.29, 1.82) is 0 Å². The number of aliphatic hydroxyl groups is 1. The van der Waals surface area contributed by atoms with Gasteiger partial charge >= 0.3 is 0 Å². The van der Waals surface area contributed by atoms with Crippen molar-refractivity contribution < 1.29 is 9.84 Å². The molecule has 1 saturated carbocycles. The maximum atomic E-state index is 10.7. The molecule has 2 rings (SSSR count). The highest BCUT2D eigenvalue weighted by Crippen LogP contribution is 2.43. The summed E-state index contributed by atoms with van der Waals surface area (Å²) in [6, 6.07) is 5.53. The highest BCUT2D eigenvalue weighted by Gasteiger charge is 2.35. The fourth-order valence-corrected chi connectivity index (χ4v) is 2.60. The van der Waals surface area contributed by atoms with Gasteiger partial charge in [0.2, 0.25) is 0 Å². The maximum Gasteiger partial charge on any atom is 0.127 e. The van der Waals surface area contributed by atoms with Crippen LogP contribution in [0.5, 0.6) is 5.75 Å². The maximum absolute atomic E-state index is 10.7. The molecule has 0 saturated heterocycles. The quantitative estimate of drug-likeness (QED) is 0.754. The number of benzene rings is 1. The zero-order valence-corrected chi connectivity index (χ0v) is 9.70. The number of nitrogens with two attached hydrogens (primary N) is 1. The standard InChI is InChI=1S/C13H19NO2/c1-16-11-7-5-6-10(14)12(11)13(15)8-3-2-4-9-13/h5-7,15H,2-4,8-9,14H2,1H3. The van der Waals surface area contributed by atoms with Crippen LogP contribution >= 0.6 is 0 Å². The van der Waals surface area contributed by atoms with E-state index >= 15 is 0 Å². The zero-order valence-electron chi connectivity index (χ0n) is 9.70. The molecule has 0 amide bonds. The summed E-state index contributed by atoms with van der Waals surface area (Å²) in [4.78, 5) is 0. The van der Waals surface area contributed by atoms with Gasteiger partial charge in [-0.05, 0) is 25.0 Å². The molecule has 88 valence electrons. The van der Waals surface area contributed by atoms with Crippen LogP contribution in [0.4, 0.5) is 5.69 Å². The van der Waals surface area contributed by atoms with Crippen molar-refractivity contribution in [2.24, 2.45) is 0 Å². The Kier molecular flexibility index (Phi) is 3.06. The first-order valence-electron chi connectivity index (χ1n) is 5.83. The number of ether oxygens (including phenoxy) is 1. The van der Waals surface area contributed by atoms with E-state index < -0.39 is 5.60 Å². The first-order valence-corrected chi connectivity index (χ1v) is 5.83. The van der Waals surface area contributed by atoms with Gasteiger partial charge in [0.05, 0.1) is 12.7 Å². The van der Waals surface area contributed by atoms with Crippen molar-refractivity contribution in [2.45, 2.75) is 37.7 Å². The molecule has 0 heterocycles. The van der Waals surface area contributed by atoms with Gasteiger partial charge in [-0.3, -0.25) is 0 Å². The molecule has 0 bridgehead atoms. The number of anilines is 1. The minimum absolute atomic E-state index is 0.628. The third-order valence-corrected chi connectivity index (χ3v) is 3.42. The van der Waals surface area contributed by atoms with Gasteiger partial charge < -0.3 is 15.6 Å². The van der Waals surface area contributed by atoms with E-state index in [2.05, 4.69) is 0 Å². The lowest BCUT2D eigenvalue weighted by atomic mass is 9.78. The smallest absolute Gasteiger partial charge is 0.127 e. The number of hydrogen-bond acceptors (Lipinski definition) is 3. The molecule has 0 spiro atoms. The Labute approximate surface area is 96.2 Å². The second-order valence-electron chi connectivity index (χ2n) is 4.52. The Balaban J connectivity index is 2.44. The van der Waals surface area contributed by atoms with Crippen molar-refractivity contribution in [1.82, 2.24) is 0 Å². The summed E-state index contributed by atoms with van der Waals surface area (Å²) in [7, 11) is 1.62. The molecular formula is C13H19NO2. The van der Waals surface area contributed by atoms with E-state index in [0.29, 0.717) is 11.4 Å². The molecule has 0 aliphatic heterocycles. The molecule has 1 aliphatic carbocycles. The van der Waals surface area contributed by atoms with Crippen LogP contribution in [-0.4, -0.2) is 12.2 Å². The molecule has 3 N–H and O–H groups in total. The minimum Gasteiger partial charge on any atom is -0.496 e. The van der Waals surface area contributed by atoms with Gasteiger partial charge in [-0.2, -0.15) is 0 Å². The Morgan fingerprint density at radius 1 is 1.25 bits per heavy atom. The van der Waals surface area contributed by atoms with E-state index in [9.17, 15) is 5.11 Å². The van der Waals surface area contributed by atoms with Gasteiger partial charge in [-0.15, -0.1) is 0 Å². The van der Waals surface area contributed by atoms with Gasteiger partial charge in [0.1, 0.15) is 5.75 Å². The van der Waals surface area contributed by atoms with Crippen LogP contribution in [0.15, 0.2) is 18.2 Å². The van der Waals surface area contributed by atoms with E-state index in [-0.39, 0.29) is 0 Å². The Bertz CT molecular complexity index is 370. The van der Waals surface area contributed by atoms with Gasteiger partial charge in [0, 0.05) is 11.3 Å². The van der Waals surface area contributed by atoms with Crippen molar-refractivity contribution in [3.8, 4) is 5.75 Å². The fraction of sp³-hybridized carbons (Fsp3) is 0.538. The predicted octanol–water partition coefficient (Wildman–Crippen LogP) is 2.43. The summed E-state index contributed by atoms with van der Waals surface area (Å²) in [5.74, 6) is 0.699. The van der Waals surface area contributed by atoms with E-state index in [1.807, 2.05) is 18.2 Å². The molecule has 1 aliphatic rings. The number of nitrogen functional groups attached to an aromatic ring is 1. The Morgan fingerprint density at radius 2 is 1.94 bits per heavy atom. The van der Waals surface area contributed by atoms with E-state index in [1.165, 1.54) is 6.42 Å². The molecule has 0 radical (unpaired) electrons. The second-order valence-corrected chi connectivity index (χ2v) is 4.52. The van der Waals surface area contributed by atoms with Crippen LogP contribution in [0.3, 0.4) is 0 Å². The average molecular weight is 221 g/mol. The highest BCUT2D eigenvalue weighted by atomic mass is 16.5. The van der Waals surface area contributed by atoms with Crippen LogP contribution in [-0.2, 0) is 5.60 Å². The van der Waals surface area contributed by atoms with Crippen molar-refractivity contribution in [2.75, 3.05) is 12.8 Å². The van der Waals surface area contributed by atoms with Crippen LogP contribution in [0.2, 0.25) is 0 Å². The molecule has 1 aromatic rings. The molecule has 0 aromatic heterocycles. The van der Waals surface area contributed by atoms with Gasteiger partial charge in [-0.25, -0.2) is 0 Å². The number of rotatable bonds is 2. The fourth-order valence-electron chi connectivity index (χ4n) is 2.60. The third kappa shape index (κ3) is 1.87. The molecule has 16 heavy (non-hydrogen) atoms. The topological polar surface area (TPSA) is 55.5 Å². The molecule has 3 nitrogen and oxygen atoms in total. The monoisotopic (exact) mass is 221 g/mol. The van der Waals surface area contributed by atoms with E-state index in [1.54, 1.807) is 7.11 Å². The molecular weight excluding hydrogens is 202 g/mol. The summed E-state index contributed by atoms with van der Waals surface area (Å²) in [5, 5.41) is 10.7. The first-order chi connectivity index (χ1) is 7.67. The van der Waals surface area contributed by atoms with Gasteiger partial charge in [-0.1, -0.05) is 25.3 Å². The van der Waals surface area contributed by atoms with Crippen LogP contribution in [0, 0.1) is 0 Å². The molecule has 1 aromatic carbocycles. The summed E-state index contributed by atoms with van der Waals surface area (Å²) in [6.07, 6.45) is 4.84. The van der Waals surface area contributed by atoms with Crippen LogP contribution in [0.1, 0.15) is 37.7 Å². The normalized spacial score (nSPS) is 19.4. The second kappa shape index (κ2) is 4.34. The number of methoxy groups -OCH3 is 1. The van der Waals surface area contributed by atoms with Crippen molar-refractivity contribution >= 4 is 5.69 Å². The minimum atomic E-state index is -0.797. The lowest BCUT2D eigenvalue weighted by Crippen LogP contribution is -2.30. The Morgan fingerprint density at radius 3 is 2.56 bits per heavy atom. The van der Waals surface area contributed by atoms with E-state index in [0.717, 1.165) is 31.2 Å². The van der Waals surface area contributed by atoms with Crippen molar-refractivity contribution in [3.05, 3.63) is 23.8 Å². The molecule has 0 atom stereocenters. The lowest BCUT2D eigenvalue weighted by molar-refractivity contribution is -0.00183. The third-order valence-electron chi connectivity index (χ3n) is 3.42. The Hall–Kier alpha value is -1.22. The van der Waals surface area contributed by atoms with Crippen LogP contribution < -0.4 is 10.5 Å². The van der Waals surface area contributed by atoms with Crippen molar-refractivity contribution in [3.63, 3.8) is 0 Å². The van der Waals surface area contributed by atoms with Crippen LogP contribution in [0.25, 0.3) is 0 Å². The summed E-state index contributed by atoms with van der Waals surface area (Å²) in [5.41, 5.74) is 6.58. The number of hydrogen-bond donors (Lipinski definition) is 2. The summed E-state index contributed by atoms with van der Waals surface area (Å²) in [6.45, 7) is 0. The van der Waals surface area contributed by atoms with E-state index in [4.69, 9.17) is 10.5 Å². The highest BCUT2D eigenvalue weighted by molar-refractivity contribution is 5.57. The largest absolute Gasteiger partial charge is 0.496 e. The predicted molar refractivity (Wildman–Crippen MR) is 64.4 cm³/mol. The molecule has 1 fully saturated rings. The molecule has 3 heteroatoms.